The zero-order valence-corrected chi connectivity index (χ0v) is 12.1. The quantitative estimate of drug-likeness (QED) is 0.907. The Bertz CT molecular complexity index is 642. The van der Waals surface area contributed by atoms with E-state index in [2.05, 4.69) is 35.5 Å². The number of nitrogens with zero attached hydrogens (tertiary/aromatic N) is 1. The van der Waals surface area contributed by atoms with E-state index in [0.717, 1.165) is 18.5 Å². The molecule has 0 spiro atoms. The number of benzene rings is 2. The maximum absolute atomic E-state index is 13.8. The van der Waals surface area contributed by atoms with E-state index in [-0.39, 0.29) is 11.9 Å². The van der Waals surface area contributed by atoms with Crippen molar-refractivity contribution in [1.29, 1.82) is 0 Å². The first kappa shape index (κ1) is 13.9. The normalized spacial score (nSPS) is 14.9. The number of fused-ring (bicyclic) bond motifs is 1. The minimum absolute atomic E-state index is 0.0851. The molecule has 0 saturated heterocycles. The number of halogens is 1. The van der Waals surface area contributed by atoms with Gasteiger partial charge in [-0.05, 0) is 35.7 Å². The molecule has 0 fully saturated rings. The number of rotatable bonds is 4. The number of nitrogens with two attached hydrogens (primary N) is 1. The highest BCUT2D eigenvalue weighted by Crippen LogP contribution is 2.30. The number of anilines is 2. The third-order valence-electron chi connectivity index (χ3n) is 4.07. The molecule has 1 heterocycles. The first-order chi connectivity index (χ1) is 10.2. The van der Waals surface area contributed by atoms with Crippen molar-refractivity contribution >= 4 is 11.4 Å². The summed E-state index contributed by atoms with van der Waals surface area (Å²) in [6.07, 6.45) is 1.05. The standard InChI is InChI=1S/C17H20FN3/c1-21-9-8-13-10-12(6-7-17(13)21)16(11-19)20-15-5-3-2-4-14(15)18/h2-7,10,16,20H,8-9,11,19H2,1H3. The summed E-state index contributed by atoms with van der Waals surface area (Å²) in [6.45, 7) is 1.47. The van der Waals surface area contributed by atoms with Crippen LogP contribution in [0.5, 0.6) is 0 Å². The van der Waals surface area contributed by atoms with Crippen LogP contribution in [0.25, 0.3) is 0 Å². The zero-order chi connectivity index (χ0) is 14.8. The molecular formula is C17H20FN3. The second-order valence-electron chi connectivity index (χ2n) is 5.47. The highest BCUT2D eigenvalue weighted by Gasteiger charge is 2.18. The number of hydrogen-bond acceptors (Lipinski definition) is 3. The van der Waals surface area contributed by atoms with Crippen molar-refractivity contribution in [2.75, 3.05) is 30.4 Å². The van der Waals surface area contributed by atoms with Crippen molar-refractivity contribution in [3.63, 3.8) is 0 Å². The highest BCUT2D eigenvalue weighted by atomic mass is 19.1. The van der Waals surface area contributed by atoms with Gasteiger partial charge in [-0.15, -0.1) is 0 Å². The van der Waals surface area contributed by atoms with E-state index in [1.165, 1.54) is 17.3 Å². The lowest BCUT2D eigenvalue weighted by Crippen LogP contribution is -2.21. The van der Waals surface area contributed by atoms with Gasteiger partial charge in [0.1, 0.15) is 5.82 Å². The lowest BCUT2D eigenvalue weighted by molar-refractivity contribution is 0.626. The predicted octanol–water partition coefficient (Wildman–Crippen LogP) is 2.93. The molecule has 2 aromatic rings. The summed E-state index contributed by atoms with van der Waals surface area (Å²) in [6, 6.07) is 13.0. The average molecular weight is 285 g/mol. The van der Waals surface area contributed by atoms with Gasteiger partial charge >= 0.3 is 0 Å². The molecule has 0 saturated carbocycles. The molecular weight excluding hydrogens is 265 g/mol. The van der Waals surface area contributed by atoms with Crippen molar-refractivity contribution in [1.82, 2.24) is 0 Å². The maximum Gasteiger partial charge on any atom is 0.146 e. The van der Waals surface area contributed by atoms with Crippen LogP contribution in [0.15, 0.2) is 42.5 Å². The minimum Gasteiger partial charge on any atom is -0.375 e. The fourth-order valence-electron chi connectivity index (χ4n) is 2.85. The van der Waals surface area contributed by atoms with Crippen LogP contribution in [0.1, 0.15) is 17.2 Å². The molecule has 3 N–H and O–H groups in total. The molecule has 0 amide bonds. The monoisotopic (exact) mass is 285 g/mol. The van der Waals surface area contributed by atoms with Gasteiger partial charge in [-0.3, -0.25) is 0 Å². The molecule has 110 valence electrons. The summed E-state index contributed by atoms with van der Waals surface area (Å²) in [4.78, 5) is 2.25. The van der Waals surface area contributed by atoms with Crippen molar-refractivity contribution in [3.05, 3.63) is 59.4 Å². The molecule has 1 aliphatic rings. The van der Waals surface area contributed by atoms with Gasteiger partial charge in [0.15, 0.2) is 0 Å². The molecule has 0 radical (unpaired) electrons. The van der Waals surface area contributed by atoms with E-state index in [0.29, 0.717) is 12.2 Å². The molecule has 0 aliphatic carbocycles. The van der Waals surface area contributed by atoms with Crippen LogP contribution in [-0.4, -0.2) is 20.1 Å². The van der Waals surface area contributed by atoms with Gasteiger partial charge in [-0.1, -0.05) is 24.3 Å². The lowest BCUT2D eigenvalue weighted by Gasteiger charge is -2.20. The van der Waals surface area contributed by atoms with Gasteiger partial charge in [-0.25, -0.2) is 4.39 Å². The predicted molar refractivity (Wildman–Crippen MR) is 85.2 cm³/mol. The van der Waals surface area contributed by atoms with E-state index in [1.54, 1.807) is 12.1 Å². The van der Waals surface area contributed by atoms with Crippen molar-refractivity contribution in [3.8, 4) is 0 Å². The van der Waals surface area contributed by atoms with Crippen LogP contribution in [0.2, 0.25) is 0 Å². The van der Waals surface area contributed by atoms with Crippen LogP contribution in [0.3, 0.4) is 0 Å². The molecule has 4 heteroatoms. The van der Waals surface area contributed by atoms with Crippen molar-refractivity contribution < 1.29 is 4.39 Å². The zero-order valence-electron chi connectivity index (χ0n) is 12.1. The Morgan fingerprint density at radius 3 is 2.86 bits per heavy atom. The van der Waals surface area contributed by atoms with E-state index in [9.17, 15) is 4.39 Å². The lowest BCUT2D eigenvalue weighted by atomic mass is 10.0. The Morgan fingerprint density at radius 1 is 1.29 bits per heavy atom. The van der Waals surface area contributed by atoms with Gasteiger partial charge in [0.05, 0.1) is 11.7 Å². The van der Waals surface area contributed by atoms with E-state index in [1.807, 2.05) is 6.07 Å². The molecule has 1 aliphatic heterocycles. The second-order valence-corrected chi connectivity index (χ2v) is 5.47. The number of likely N-dealkylation sites (N-methyl/N-ethyl adjacent to an activating group) is 1. The largest absolute Gasteiger partial charge is 0.375 e. The van der Waals surface area contributed by atoms with Crippen molar-refractivity contribution in [2.45, 2.75) is 12.5 Å². The number of hydrogen-bond donors (Lipinski definition) is 2. The topological polar surface area (TPSA) is 41.3 Å². The fraction of sp³-hybridized carbons (Fsp3) is 0.294. The summed E-state index contributed by atoms with van der Waals surface area (Å²) in [5.41, 5.74) is 10.1. The first-order valence-electron chi connectivity index (χ1n) is 7.24. The highest BCUT2D eigenvalue weighted by molar-refractivity contribution is 5.59. The summed E-state index contributed by atoms with van der Waals surface area (Å²) < 4.78 is 13.8. The van der Waals surface area contributed by atoms with E-state index in [4.69, 9.17) is 5.73 Å². The fourth-order valence-corrected chi connectivity index (χ4v) is 2.85. The van der Waals surface area contributed by atoms with Gasteiger partial charge in [0.25, 0.3) is 0 Å². The molecule has 2 aromatic carbocycles. The second kappa shape index (κ2) is 5.74. The molecule has 21 heavy (non-hydrogen) atoms. The van der Waals surface area contributed by atoms with Crippen LogP contribution in [0, 0.1) is 5.82 Å². The summed E-state index contributed by atoms with van der Waals surface area (Å²) >= 11 is 0. The summed E-state index contributed by atoms with van der Waals surface area (Å²) in [7, 11) is 2.10. The minimum atomic E-state index is -0.253. The smallest absolute Gasteiger partial charge is 0.146 e. The molecule has 1 atom stereocenters. The van der Waals surface area contributed by atoms with Crippen LogP contribution in [-0.2, 0) is 6.42 Å². The van der Waals surface area contributed by atoms with Crippen LogP contribution in [0.4, 0.5) is 15.8 Å². The van der Waals surface area contributed by atoms with Crippen molar-refractivity contribution in [2.24, 2.45) is 5.73 Å². The van der Waals surface area contributed by atoms with Gasteiger partial charge in [0, 0.05) is 25.8 Å². The molecule has 0 aromatic heterocycles. The van der Waals surface area contributed by atoms with Crippen LogP contribution >= 0.6 is 0 Å². The molecule has 3 nitrogen and oxygen atoms in total. The average Bonchev–Trinajstić information content (AvgIpc) is 2.87. The number of para-hydroxylation sites is 1. The molecule has 1 unspecified atom stereocenters. The maximum atomic E-state index is 13.8. The third-order valence-corrected chi connectivity index (χ3v) is 4.07. The van der Waals surface area contributed by atoms with E-state index >= 15 is 0 Å². The first-order valence-corrected chi connectivity index (χ1v) is 7.24. The summed E-state index contributed by atoms with van der Waals surface area (Å²) in [5.74, 6) is -0.253. The van der Waals surface area contributed by atoms with Crippen LogP contribution < -0.4 is 16.0 Å². The molecule has 3 rings (SSSR count). The van der Waals surface area contributed by atoms with E-state index < -0.39 is 0 Å². The van der Waals surface area contributed by atoms with Gasteiger partial charge in [-0.2, -0.15) is 0 Å². The molecule has 0 bridgehead atoms. The third kappa shape index (κ3) is 2.72. The Labute approximate surface area is 124 Å². The van der Waals surface area contributed by atoms with Gasteiger partial charge < -0.3 is 16.0 Å². The SMILES string of the molecule is CN1CCc2cc(C(CN)Nc3ccccc3F)ccc21. The Balaban J connectivity index is 1.86. The Morgan fingerprint density at radius 2 is 2.10 bits per heavy atom. The van der Waals surface area contributed by atoms with Gasteiger partial charge in [0.2, 0.25) is 0 Å². The Kier molecular flexibility index (Phi) is 3.80. The summed E-state index contributed by atoms with van der Waals surface area (Å²) in [5, 5.41) is 3.20. The number of nitrogens with one attached hydrogen (secondary N) is 1. The Hall–Kier alpha value is -2.07.